The first kappa shape index (κ1) is 7.70. The molecule has 0 unspecified atom stereocenters. The fourth-order valence-electron chi connectivity index (χ4n) is 0.397. The van der Waals surface area contributed by atoms with E-state index < -0.39 is 0 Å². The van der Waals surface area contributed by atoms with Crippen molar-refractivity contribution in [2.75, 3.05) is 13.7 Å². The fraction of sp³-hybridized carbons (Fsp3) is 0.571. The summed E-state index contributed by atoms with van der Waals surface area (Å²) < 4.78 is 4.79. The molecule has 0 aromatic heterocycles. The summed E-state index contributed by atoms with van der Waals surface area (Å²) in [6.07, 6.45) is 7.25. The highest BCUT2D eigenvalue weighted by atomic mass is 16.5. The third kappa shape index (κ3) is 5.70. The Morgan fingerprint density at radius 1 is 1.38 bits per heavy atom. The molecule has 0 aliphatic rings. The summed E-state index contributed by atoms with van der Waals surface area (Å²) in [6, 6.07) is 0. The highest BCUT2D eigenvalue weighted by molar-refractivity contribution is 4.84. The lowest BCUT2D eigenvalue weighted by Crippen LogP contribution is -1.79. The van der Waals surface area contributed by atoms with Crippen LogP contribution in [-0.4, -0.2) is 13.7 Å². The van der Waals surface area contributed by atoms with Crippen molar-refractivity contribution < 1.29 is 4.74 Å². The van der Waals surface area contributed by atoms with E-state index in [2.05, 4.69) is 12.5 Å². The molecule has 1 radical (unpaired) electrons. The molecular formula is C7H13O. The first-order valence-electron chi connectivity index (χ1n) is 2.83. The predicted octanol–water partition coefficient (Wildman–Crippen LogP) is 1.80. The number of rotatable bonds is 4. The van der Waals surface area contributed by atoms with Crippen LogP contribution in [0.4, 0.5) is 0 Å². The molecule has 0 aromatic carbocycles. The Morgan fingerprint density at radius 2 is 2.12 bits per heavy atom. The van der Waals surface area contributed by atoms with E-state index in [0.29, 0.717) is 0 Å². The van der Waals surface area contributed by atoms with Crippen LogP contribution in [-0.2, 0) is 4.74 Å². The van der Waals surface area contributed by atoms with E-state index in [9.17, 15) is 0 Å². The van der Waals surface area contributed by atoms with Gasteiger partial charge in [-0.1, -0.05) is 19.1 Å². The van der Waals surface area contributed by atoms with Crippen LogP contribution < -0.4 is 0 Å². The topological polar surface area (TPSA) is 9.23 Å². The van der Waals surface area contributed by atoms with Gasteiger partial charge in [0.1, 0.15) is 0 Å². The average Bonchev–Trinajstić information content (AvgIpc) is 1.81. The molecule has 0 N–H and O–H groups in total. The summed E-state index contributed by atoms with van der Waals surface area (Å²) in [7, 11) is 1.69. The summed E-state index contributed by atoms with van der Waals surface area (Å²) in [4.78, 5) is 0. The van der Waals surface area contributed by atoms with Gasteiger partial charge in [0.25, 0.3) is 0 Å². The molecule has 0 saturated heterocycles. The van der Waals surface area contributed by atoms with Crippen molar-refractivity contribution in [3.8, 4) is 0 Å². The first-order valence-corrected chi connectivity index (χ1v) is 2.83. The molecule has 47 valence electrons. The third-order valence-corrected chi connectivity index (χ3v) is 0.801. The second-order valence-electron chi connectivity index (χ2n) is 1.57. The van der Waals surface area contributed by atoms with E-state index in [1.54, 1.807) is 7.11 Å². The Labute approximate surface area is 51.4 Å². The van der Waals surface area contributed by atoms with Crippen LogP contribution in [0.25, 0.3) is 0 Å². The molecular weight excluding hydrogens is 100 g/mol. The lowest BCUT2D eigenvalue weighted by Gasteiger charge is -1.85. The first-order chi connectivity index (χ1) is 3.91. The molecule has 0 spiro atoms. The van der Waals surface area contributed by atoms with Gasteiger partial charge in [-0.15, -0.1) is 0 Å². The molecule has 1 heteroatoms. The van der Waals surface area contributed by atoms with Crippen molar-refractivity contribution in [2.45, 2.75) is 13.3 Å². The molecule has 0 rings (SSSR count). The monoisotopic (exact) mass is 113 g/mol. The van der Waals surface area contributed by atoms with Crippen molar-refractivity contribution in [3.63, 3.8) is 0 Å². The van der Waals surface area contributed by atoms with Gasteiger partial charge in [0.2, 0.25) is 0 Å². The molecule has 0 aliphatic heterocycles. The minimum absolute atomic E-state index is 0.730. The van der Waals surface area contributed by atoms with Gasteiger partial charge in [0, 0.05) is 7.11 Å². The third-order valence-electron chi connectivity index (χ3n) is 0.801. The van der Waals surface area contributed by atoms with Gasteiger partial charge in [0.15, 0.2) is 0 Å². The minimum atomic E-state index is 0.730. The van der Waals surface area contributed by atoms with E-state index >= 15 is 0 Å². The molecule has 0 aromatic rings. The van der Waals surface area contributed by atoms with E-state index in [1.165, 1.54) is 0 Å². The van der Waals surface area contributed by atoms with Crippen LogP contribution in [0.15, 0.2) is 12.2 Å². The Balaban J connectivity index is 2.83. The molecule has 0 amide bonds. The number of unbranched alkanes of at least 4 members (excludes halogenated alkanes) is 1. The highest BCUT2D eigenvalue weighted by Gasteiger charge is 1.71. The normalized spacial score (nSPS) is 10.8. The smallest absolute Gasteiger partial charge is 0.0643 e. The number of hydrogen-bond acceptors (Lipinski definition) is 1. The van der Waals surface area contributed by atoms with Gasteiger partial charge in [0.05, 0.1) is 6.61 Å². The van der Waals surface area contributed by atoms with Crippen molar-refractivity contribution in [3.05, 3.63) is 18.6 Å². The van der Waals surface area contributed by atoms with Crippen molar-refractivity contribution >= 4 is 0 Å². The Morgan fingerprint density at radius 3 is 2.62 bits per heavy atom. The maximum absolute atomic E-state index is 4.79. The van der Waals surface area contributed by atoms with Crippen LogP contribution in [0.2, 0.25) is 0 Å². The molecule has 0 aliphatic carbocycles. The maximum Gasteiger partial charge on any atom is 0.0643 e. The van der Waals surface area contributed by atoms with E-state index in [-0.39, 0.29) is 0 Å². The van der Waals surface area contributed by atoms with Crippen molar-refractivity contribution in [1.29, 1.82) is 0 Å². The van der Waals surface area contributed by atoms with E-state index in [1.807, 2.05) is 13.0 Å². The van der Waals surface area contributed by atoms with Crippen LogP contribution in [0, 0.1) is 6.42 Å². The van der Waals surface area contributed by atoms with Crippen LogP contribution >= 0.6 is 0 Å². The van der Waals surface area contributed by atoms with Crippen LogP contribution in [0.1, 0.15) is 13.3 Å². The van der Waals surface area contributed by atoms with Crippen molar-refractivity contribution in [1.82, 2.24) is 0 Å². The molecule has 0 bridgehead atoms. The summed E-state index contributed by atoms with van der Waals surface area (Å²) in [6.45, 7) is 2.77. The minimum Gasteiger partial charge on any atom is -0.381 e. The van der Waals surface area contributed by atoms with Crippen LogP contribution in [0.3, 0.4) is 0 Å². The van der Waals surface area contributed by atoms with Crippen LogP contribution in [0.5, 0.6) is 0 Å². The van der Waals surface area contributed by atoms with Gasteiger partial charge in [-0.3, -0.25) is 0 Å². The number of hydrogen-bond donors (Lipinski definition) is 0. The quantitative estimate of drug-likeness (QED) is 0.505. The SMILES string of the molecule is C[CH]CC=CCOC. The molecule has 8 heavy (non-hydrogen) atoms. The lowest BCUT2D eigenvalue weighted by atomic mass is 10.3. The number of methoxy groups -OCH3 is 1. The molecule has 0 fully saturated rings. The maximum atomic E-state index is 4.79. The highest BCUT2D eigenvalue weighted by Crippen LogP contribution is 1.85. The zero-order valence-corrected chi connectivity index (χ0v) is 5.55. The summed E-state index contributed by atoms with van der Waals surface area (Å²) in [5.74, 6) is 0. The Bertz CT molecular complexity index is 49.4. The molecule has 0 saturated carbocycles. The Hall–Kier alpha value is -0.300. The van der Waals surface area contributed by atoms with Gasteiger partial charge in [-0.05, 0) is 12.8 Å². The van der Waals surface area contributed by atoms with Crippen molar-refractivity contribution in [2.24, 2.45) is 0 Å². The van der Waals surface area contributed by atoms with Gasteiger partial charge in [-0.25, -0.2) is 0 Å². The standard InChI is InChI=1S/C7H13O/c1-3-4-5-6-7-8-2/h3,5-6H,4,7H2,1-2H3. The predicted molar refractivity (Wildman–Crippen MR) is 35.6 cm³/mol. The summed E-state index contributed by atoms with van der Waals surface area (Å²) in [5.41, 5.74) is 0. The largest absolute Gasteiger partial charge is 0.381 e. The van der Waals surface area contributed by atoms with E-state index in [4.69, 9.17) is 4.74 Å². The van der Waals surface area contributed by atoms with Gasteiger partial charge in [-0.2, -0.15) is 0 Å². The molecule has 0 atom stereocenters. The van der Waals surface area contributed by atoms with Gasteiger partial charge >= 0.3 is 0 Å². The summed E-state index contributed by atoms with van der Waals surface area (Å²) in [5, 5.41) is 0. The zero-order valence-electron chi connectivity index (χ0n) is 5.55. The number of allylic oxidation sites excluding steroid dienone is 1. The lowest BCUT2D eigenvalue weighted by molar-refractivity contribution is 0.233. The zero-order chi connectivity index (χ0) is 6.24. The van der Waals surface area contributed by atoms with E-state index in [0.717, 1.165) is 13.0 Å². The average molecular weight is 113 g/mol. The number of ether oxygens (including phenoxy) is 1. The fourth-order valence-corrected chi connectivity index (χ4v) is 0.397. The Kier molecular flexibility index (Phi) is 6.45. The second-order valence-corrected chi connectivity index (χ2v) is 1.57. The summed E-state index contributed by atoms with van der Waals surface area (Å²) >= 11 is 0. The van der Waals surface area contributed by atoms with Gasteiger partial charge < -0.3 is 4.74 Å². The second kappa shape index (κ2) is 6.70. The molecule has 0 heterocycles. The molecule has 1 nitrogen and oxygen atoms in total.